The maximum Gasteiger partial charge on any atom is 0.0106 e. The smallest absolute Gasteiger partial charge is 0.0106 e. The van der Waals surface area contributed by atoms with Crippen molar-refractivity contribution in [3.8, 4) is 0 Å². The van der Waals surface area contributed by atoms with Gasteiger partial charge in [-0.25, -0.2) is 0 Å². The van der Waals surface area contributed by atoms with E-state index in [4.69, 9.17) is 0 Å². The van der Waals surface area contributed by atoms with Crippen LogP contribution < -0.4 is 0 Å². The molecule has 2 aromatic heterocycles. The van der Waals surface area contributed by atoms with Crippen LogP contribution in [0.15, 0.2) is 49.1 Å². The van der Waals surface area contributed by atoms with Gasteiger partial charge in [0.25, 0.3) is 0 Å². The molecular weight excluding hydrogens is 232 g/mol. The second-order valence-electron chi connectivity index (χ2n) is 4.76. The van der Waals surface area contributed by atoms with Crippen molar-refractivity contribution in [1.29, 1.82) is 0 Å². The molecule has 2 heterocycles. The van der Waals surface area contributed by atoms with Crippen molar-refractivity contribution in [3.63, 3.8) is 0 Å². The Morgan fingerprint density at radius 2 is 0.895 bits per heavy atom. The second-order valence-corrected chi connectivity index (χ2v) is 4.76. The molecule has 0 radical (unpaired) electrons. The van der Waals surface area contributed by atoms with Gasteiger partial charge < -0.3 is 9.13 Å². The quantitative estimate of drug-likeness (QED) is 0.684. The second kappa shape index (κ2) is 13.0. The van der Waals surface area contributed by atoms with Crippen molar-refractivity contribution >= 4 is 0 Å². The fourth-order valence-electron chi connectivity index (χ4n) is 1.52. The number of aromatic nitrogens is 2. The average Bonchev–Trinajstić information content (AvgIpc) is 3.05. The fourth-order valence-corrected chi connectivity index (χ4v) is 1.52. The van der Waals surface area contributed by atoms with Crippen LogP contribution in [-0.2, 0) is 14.1 Å². The molecule has 2 heteroatoms. The van der Waals surface area contributed by atoms with Gasteiger partial charge in [-0.3, -0.25) is 0 Å². The van der Waals surface area contributed by atoms with Gasteiger partial charge in [-0.2, -0.15) is 0 Å². The van der Waals surface area contributed by atoms with Crippen LogP contribution in [0.1, 0.15) is 46.0 Å². The lowest BCUT2D eigenvalue weighted by Gasteiger charge is -1.90. The van der Waals surface area contributed by atoms with Gasteiger partial charge >= 0.3 is 0 Å². The molecule has 0 atom stereocenters. The van der Waals surface area contributed by atoms with Gasteiger partial charge in [0.05, 0.1) is 0 Å². The predicted octanol–water partition coefficient (Wildman–Crippen LogP) is 5.03. The first-order chi connectivity index (χ1) is 9.20. The average molecular weight is 262 g/mol. The van der Waals surface area contributed by atoms with Crippen molar-refractivity contribution < 1.29 is 0 Å². The summed E-state index contributed by atoms with van der Waals surface area (Å²) in [5.74, 6) is 0. The van der Waals surface area contributed by atoms with Crippen LogP contribution in [0.5, 0.6) is 0 Å². The molecular formula is C17H30N2. The lowest BCUT2D eigenvalue weighted by molar-refractivity contribution is 0.656. The van der Waals surface area contributed by atoms with Gasteiger partial charge in [0, 0.05) is 38.9 Å². The Bertz CT molecular complexity index is 310. The zero-order valence-electron chi connectivity index (χ0n) is 13.0. The maximum absolute atomic E-state index is 2.25. The van der Waals surface area contributed by atoms with Crippen LogP contribution in [0.4, 0.5) is 0 Å². The summed E-state index contributed by atoms with van der Waals surface area (Å²) in [5, 5.41) is 0. The Kier molecular flexibility index (Phi) is 12.0. The lowest BCUT2D eigenvalue weighted by atomic mass is 10.2. The molecule has 0 bridgehead atoms. The number of rotatable bonds is 4. The maximum atomic E-state index is 2.25. The summed E-state index contributed by atoms with van der Waals surface area (Å²) in [6.45, 7) is 4.49. The first-order valence-electron chi connectivity index (χ1n) is 7.34. The third-order valence-corrected chi connectivity index (χ3v) is 2.71. The molecule has 0 spiro atoms. The van der Waals surface area contributed by atoms with Gasteiger partial charge in [0.15, 0.2) is 0 Å². The molecule has 0 aliphatic rings. The van der Waals surface area contributed by atoms with Crippen molar-refractivity contribution in [3.05, 3.63) is 49.1 Å². The van der Waals surface area contributed by atoms with E-state index in [9.17, 15) is 0 Å². The molecule has 0 aliphatic carbocycles. The number of aryl methyl sites for hydroxylation is 2. The minimum absolute atomic E-state index is 1.36. The Balaban J connectivity index is 0.000000256. The number of unbranched alkanes of at least 4 members (excludes halogenated alkanes) is 4. The Morgan fingerprint density at radius 3 is 1.05 bits per heavy atom. The van der Waals surface area contributed by atoms with E-state index in [1.165, 1.54) is 32.1 Å². The zero-order valence-corrected chi connectivity index (χ0v) is 13.0. The van der Waals surface area contributed by atoms with Crippen molar-refractivity contribution in [2.24, 2.45) is 14.1 Å². The highest BCUT2D eigenvalue weighted by molar-refractivity contribution is 4.88. The van der Waals surface area contributed by atoms with Gasteiger partial charge in [0.2, 0.25) is 0 Å². The molecule has 0 saturated heterocycles. The van der Waals surface area contributed by atoms with Crippen molar-refractivity contribution in [1.82, 2.24) is 9.13 Å². The third kappa shape index (κ3) is 12.8. The highest BCUT2D eigenvalue weighted by atomic mass is 14.9. The predicted molar refractivity (Wildman–Crippen MR) is 85.3 cm³/mol. The normalized spacial score (nSPS) is 9.05. The molecule has 0 aromatic carbocycles. The lowest BCUT2D eigenvalue weighted by Crippen LogP contribution is -1.75. The number of hydrogen-bond donors (Lipinski definition) is 0. The van der Waals surface area contributed by atoms with E-state index in [0.717, 1.165) is 0 Å². The van der Waals surface area contributed by atoms with E-state index >= 15 is 0 Å². The van der Waals surface area contributed by atoms with E-state index in [-0.39, 0.29) is 0 Å². The topological polar surface area (TPSA) is 9.86 Å². The molecule has 0 saturated carbocycles. The monoisotopic (exact) mass is 262 g/mol. The number of nitrogens with zero attached hydrogens (tertiary/aromatic N) is 2. The summed E-state index contributed by atoms with van der Waals surface area (Å²) in [4.78, 5) is 0. The van der Waals surface area contributed by atoms with Crippen LogP contribution in [0, 0.1) is 0 Å². The Morgan fingerprint density at radius 1 is 0.579 bits per heavy atom. The van der Waals surface area contributed by atoms with E-state index < -0.39 is 0 Å². The molecule has 0 aliphatic heterocycles. The summed E-state index contributed by atoms with van der Waals surface area (Å²) in [7, 11) is 4.00. The summed E-state index contributed by atoms with van der Waals surface area (Å²) in [5.41, 5.74) is 0. The van der Waals surface area contributed by atoms with E-state index in [1.54, 1.807) is 0 Å². The highest BCUT2D eigenvalue weighted by Gasteiger charge is 1.80. The molecule has 0 N–H and O–H groups in total. The van der Waals surface area contributed by atoms with Gasteiger partial charge in [-0.15, -0.1) is 0 Å². The SMILES string of the molecule is CCCCCCC.Cn1cccc1.Cn1cccc1. The molecule has 19 heavy (non-hydrogen) atoms. The summed E-state index contributed by atoms with van der Waals surface area (Å²) in [6, 6.07) is 8.00. The Labute approximate surface area is 119 Å². The molecule has 0 unspecified atom stereocenters. The minimum Gasteiger partial charge on any atom is -0.357 e. The Hall–Kier alpha value is -1.44. The summed E-state index contributed by atoms with van der Waals surface area (Å²) < 4.78 is 4.00. The molecule has 2 rings (SSSR count). The fraction of sp³-hybridized carbons (Fsp3) is 0.529. The highest BCUT2D eigenvalue weighted by Crippen LogP contribution is 2.00. The van der Waals surface area contributed by atoms with Crippen LogP contribution in [0.2, 0.25) is 0 Å². The molecule has 2 aromatic rings. The molecule has 108 valence electrons. The van der Waals surface area contributed by atoms with Crippen LogP contribution in [0.25, 0.3) is 0 Å². The van der Waals surface area contributed by atoms with Crippen LogP contribution in [0.3, 0.4) is 0 Å². The van der Waals surface area contributed by atoms with Gasteiger partial charge in [0.1, 0.15) is 0 Å². The number of hydrogen-bond acceptors (Lipinski definition) is 0. The standard InChI is InChI=1S/C7H16.2C5H7N/c1-3-5-7-6-4-2;2*1-6-4-2-3-5-6/h3-7H2,1-2H3;2*2-5H,1H3. The van der Waals surface area contributed by atoms with Gasteiger partial charge in [-0.05, 0) is 24.3 Å². The molecule has 2 nitrogen and oxygen atoms in total. The van der Waals surface area contributed by atoms with Crippen LogP contribution in [-0.4, -0.2) is 9.13 Å². The third-order valence-electron chi connectivity index (χ3n) is 2.71. The first kappa shape index (κ1) is 17.6. The minimum atomic E-state index is 1.36. The molecule has 0 amide bonds. The summed E-state index contributed by atoms with van der Waals surface area (Å²) in [6.07, 6.45) is 15.0. The summed E-state index contributed by atoms with van der Waals surface area (Å²) >= 11 is 0. The van der Waals surface area contributed by atoms with Crippen molar-refractivity contribution in [2.75, 3.05) is 0 Å². The van der Waals surface area contributed by atoms with Crippen LogP contribution >= 0.6 is 0 Å². The van der Waals surface area contributed by atoms with E-state index in [0.29, 0.717) is 0 Å². The zero-order chi connectivity index (χ0) is 14.3. The largest absolute Gasteiger partial charge is 0.357 e. The van der Waals surface area contributed by atoms with E-state index in [2.05, 4.69) is 13.8 Å². The van der Waals surface area contributed by atoms with Crippen molar-refractivity contribution in [2.45, 2.75) is 46.0 Å². The first-order valence-corrected chi connectivity index (χ1v) is 7.34. The van der Waals surface area contributed by atoms with E-state index in [1.807, 2.05) is 72.3 Å². The molecule has 0 fully saturated rings. The van der Waals surface area contributed by atoms with Gasteiger partial charge in [-0.1, -0.05) is 46.0 Å².